The van der Waals surface area contributed by atoms with Crippen LogP contribution in [-0.4, -0.2) is 48.9 Å². The van der Waals surface area contributed by atoms with Gasteiger partial charge in [0.25, 0.3) is 0 Å². The van der Waals surface area contributed by atoms with Gasteiger partial charge < -0.3 is 29.4 Å². The fraction of sp³-hybridized carbons (Fsp3) is 0.615. The van der Waals surface area contributed by atoms with Gasteiger partial charge in [0.1, 0.15) is 18.8 Å². The van der Waals surface area contributed by atoms with Gasteiger partial charge in [0.15, 0.2) is 11.5 Å². The Morgan fingerprint density at radius 2 is 1.44 bits per heavy atom. The molecule has 0 aliphatic heterocycles. The Balaban J connectivity index is 2.82. The van der Waals surface area contributed by atoms with Gasteiger partial charge >= 0.3 is 24.1 Å². The molecule has 0 fully saturated rings. The molecule has 0 unspecified atom stereocenters. The minimum atomic E-state index is -1.03. The monoisotopic (exact) mass is 509 g/mol. The Bertz CT molecular complexity index is 869. The summed E-state index contributed by atoms with van der Waals surface area (Å²) in [5.74, 6) is -1.36. The molecular weight excluding hydrogens is 470 g/mol. The molecule has 0 saturated carbocycles. The van der Waals surface area contributed by atoms with Crippen molar-refractivity contribution in [2.75, 3.05) is 6.61 Å². The Kier molecular flexibility index (Phi) is 14.2. The topological polar surface area (TPSA) is 140 Å². The average Bonchev–Trinajstić information content (AvgIpc) is 2.81. The van der Waals surface area contributed by atoms with Gasteiger partial charge in [-0.1, -0.05) is 32.8 Å². The van der Waals surface area contributed by atoms with Crippen LogP contribution < -0.4 is 15.2 Å². The molecule has 10 nitrogen and oxygen atoms in total. The van der Waals surface area contributed by atoms with Crippen molar-refractivity contribution in [3.63, 3.8) is 0 Å². The zero-order valence-corrected chi connectivity index (χ0v) is 21.9. The molecule has 0 spiro atoms. The molecule has 0 aromatic heterocycles. The van der Waals surface area contributed by atoms with Crippen molar-refractivity contribution in [2.45, 2.75) is 97.8 Å². The van der Waals surface area contributed by atoms with Crippen LogP contribution in [0.3, 0.4) is 0 Å². The highest BCUT2D eigenvalue weighted by molar-refractivity contribution is 5.77. The number of rotatable bonds is 15. The van der Waals surface area contributed by atoms with Crippen LogP contribution in [0.15, 0.2) is 18.2 Å². The summed E-state index contributed by atoms with van der Waals surface area (Å²) in [5.41, 5.74) is 6.59. The highest BCUT2D eigenvalue weighted by Gasteiger charge is 2.22. The third-order valence-corrected chi connectivity index (χ3v) is 4.77. The molecule has 0 aliphatic rings. The summed E-state index contributed by atoms with van der Waals surface area (Å²) in [7, 11) is 0. The van der Waals surface area contributed by atoms with Gasteiger partial charge in [0, 0.05) is 12.8 Å². The summed E-state index contributed by atoms with van der Waals surface area (Å²) in [6, 6.07) is 3.63. The fourth-order valence-electron chi connectivity index (χ4n) is 2.90. The number of esters is 3. The Morgan fingerprint density at radius 1 is 0.861 bits per heavy atom. The van der Waals surface area contributed by atoms with Crippen molar-refractivity contribution in [3.05, 3.63) is 23.8 Å². The van der Waals surface area contributed by atoms with Crippen LogP contribution in [0.5, 0.6) is 11.5 Å². The maximum Gasteiger partial charge on any atom is 0.508 e. The first kappa shape index (κ1) is 30.9. The highest BCUT2D eigenvalue weighted by Crippen LogP contribution is 2.30. The van der Waals surface area contributed by atoms with E-state index in [2.05, 4.69) is 0 Å². The number of nitrogens with two attached hydrogens (primary N) is 1. The molecule has 1 aromatic rings. The largest absolute Gasteiger partial charge is 0.508 e. The smallest absolute Gasteiger partial charge is 0.458 e. The first-order chi connectivity index (χ1) is 17.0. The lowest BCUT2D eigenvalue weighted by Crippen LogP contribution is -2.37. The van der Waals surface area contributed by atoms with Crippen molar-refractivity contribution in [2.24, 2.45) is 5.73 Å². The lowest BCUT2D eigenvalue weighted by Gasteiger charge is -2.18. The van der Waals surface area contributed by atoms with E-state index in [-0.39, 0.29) is 43.5 Å². The molecule has 2 N–H and O–H groups in total. The zero-order valence-electron chi connectivity index (χ0n) is 21.9. The van der Waals surface area contributed by atoms with Gasteiger partial charge in [0.05, 0.1) is 6.10 Å². The number of unbranched alkanes of at least 4 members (excludes halogenated alkanes) is 2. The molecule has 0 aliphatic carbocycles. The van der Waals surface area contributed by atoms with Gasteiger partial charge in [-0.2, -0.15) is 0 Å². The molecule has 0 heterocycles. The van der Waals surface area contributed by atoms with E-state index in [1.807, 2.05) is 13.8 Å². The number of hydrogen-bond acceptors (Lipinski definition) is 10. The maximum atomic E-state index is 12.4. The molecule has 0 amide bonds. The Labute approximate surface area is 212 Å². The molecule has 1 aromatic carbocycles. The third-order valence-electron chi connectivity index (χ3n) is 4.77. The van der Waals surface area contributed by atoms with Crippen LogP contribution >= 0.6 is 0 Å². The van der Waals surface area contributed by atoms with Gasteiger partial charge in [-0.05, 0) is 57.7 Å². The third kappa shape index (κ3) is 12.5. The summed E-state index contributed by atoms with van der Waals surface area (Å²) in [6.45, 7) is 8.67. The van der Waals surface area contributed by atoms with Gasteiger partial charge in [-0.25, -0.2) is 4.79 Å². The van der Waals surface area contributed by atoms with Gasteiger partial charge in [-0.3, -0.25) is 14.4 Å². The summed E-state index contributed by atoms with van der Waals surface area (Å²) < 4.78 is 25.8. The second-order valence-corrected chi connectivity index (χ2v) is 8.72. The average molecular weight is 510 g/mol. The van der Waals surface area contributed by atoms with E-state index < -0.39 is 36.2 Å². The number of ether oxygens (including phenoxy) is 5. The number of carbonyl (C=O) groups is 4. The van der Waals surface area contributed by atoms with Crippen molar-refractivity contribution in [1.82, 2.24) is 0 Å². The van der Waals surface area contributed by atoms with Crippen LogP contribution in [-0.2, 0) is 35.0 Å². The van der Waals surface area contributed by atoms with Gasteiger partial charge in [0.2, 0.25) is 0 Å². The van der Waals surface area contributed by atoms with Crippen LogP contribution in [0.1, 0.15) is 78.7 Å². The SMILES string of the molecule is CCCCC(=O)Oc1ccc(C[C@H](N)C(=O)O[C@@H](C)COC(=O)OC(C)C)cc1OC(=O)CCCC. The highest BCUT2D eigenvalue weighted by atomic mass is 16.7. The fourth-order valence-corrected chi connectivity index (χ4v) is 2.90. The molecule has 0 bridgehead atoms. The van der Waals surface area contributed by atoms with Crippen molar-refractivity contribution in [3.8, 4) is 11.5 Å². The van der Waals surface area contributed by atoms with Gasteiger partial charge in [-0.15, -0.1) is 0 Å². The first-order valence-corrected chi connectivity index (χ1v) is 12.4. The molecule has 0 radical (unpaired) electrons. The lowest BCUT2D eigenvalue weighted by molar-refractivity contribution is -0.152. The van der Waals surface area contributed by atoms with Crippen LogP contribution in [0, 0.1) is 0 Å². The maximum absolute atomic E-state index is 12.4. The van der Waals surface area contributed by atoms with Crippen LogP contribution in [0.4, 0.5) is 4.79 Å². The normalized spacial score (nSPS) is 12.4. The van der Waals surface area contributed by atoms with E-state index in [9.17, 15) is 19.2 Å². The molecule has 1 rings (SSSR count). The number of carbonyl (C=O) groups excluding carboxylic acids is 4. The standard InChI is InChI=1S/C26H39NO9/c1-6-8-10-23(28)35-21-13-12-19(15-22(21)36-24(29)11-9-7-2)14-20(27)25(30)34-18(5)16-32-26(31)33-17(3)4/h12-13,15,17-18,20H,6-11,14,16,27H2,1-5H3/t18-,20-/m0/s1. The van der Waals surface area contributed by atoms with E-state index in [1.165, 1.54) is 12.1 Å². The second kappa shape index (κ2) is 16.5. The summed E-state index contributed by atoms with van der Waals surface area (Å²) in [4.78, 5) is 48.2. The summed E-state index contributed by atoms with van der Waals surface area (Å²) in [5, 5.41) is 0. The van der Waals surface area contributed by atoms with Crippen molar-refractivity contribution < 1.29 is 42.9 Å². The molecule has 10 heteroatoms. The van der Waals surface area contributed by atoms with Crippen LogP contribution in [0.25, 0.3) is 0 Å². The molecule has 36 heavy (non-hydrogen) atoms. The van der Waals surface area contributed by atoms with Crippen LogP contribution in [0.2, 0.25) is 0 Å². The minimum absolute atomic E-state index is 0.0748. The quantitative estimate of drug-likeness (QED) is 0.269. The number of benzene rings is 1. The lowest BCUT2D eigenvalue weighted by atomic mass is 10.1. The molecule has 0 saturated heterocycles. The van der Waals surface area contributed by atoms with Crippen molar-refractivity contribution in [1.29, 1.82) is 0 Å². The van der Waals surface area contributed by atoms with Crippen molar-refractivity contribution >= 4 is 24.1 Å². The molecule has 2 atom stereocenters. The van der Waals surface area contributed by atoms with E-state index in [4.69, 9.17) is 29.4 Å². The van der Waals surface area contributed by atoms with E-state index in [0.717, 1.165) is 12.8 Å². The van der Waals surface area contributed by atoms with E-state index in [0.29, 0.717) is 18.4 Å². The van der Waals surface area contributed by atoms with E-state index >= 15 is 0 Å². The Morgan fingerprint density at radius 3 is 2.00 bits per heavy atom. The first-order valence-electron chi connectivity index (χ1n) is 12.4. The molecular formula is C26H39NO9. The summed E-state index contributed by atoms with van der Waals surface area (Å²) in [6.07, 6.45) is 1.64. The zero-order chi connectivity index (χ0) is 27.1. The Hall–Kier alpha value is -3.14. The molecule has 202 valence electrons. The number of hydrogen-bond donors (Lipinski definition) is 1. The predicted octanol–water partition coefficient (Wildman–Crippen LogP) is 4.24. The summed E-state index contributed by atoms with van der Waals surface area (Å²) >= 11 is 0. The second-order valence-electron chi connectivity index (χ2n) is 8.72. The predicted molar refractivity (Wildman–Crippen MR) is 132 cm³/mol. The minimum Gasteiger partial charge on any atom is -0.458 e. The van der Waals surface area contributed by atoms with E-state index in [1.54, 1.807) is 26.8 Å².